The summed E-state index contributed by atoms with van der Waals surface area (Å²) in [7, 11) is 0. The van der Waals surface area contributed by atoms with Gasteiger partial charge in [-0.15, -0.1) is 0 Å². The number of carbonyl (C=O) groups is 3. The van der Waals surface area contributed by atoms with Crippen molar-refractivity contribution in [1.29, 1.82) is 0 Å². The number of fused-ring (bicyclic) bond motifs is 3. The minimum atomic E-state index is -1.41. The number of benzene rings is 2. The SMILES string of the molecule is CC(C)N1C(=O)c2ccccc2N2C(=O)CC[C@@]21C(=O)NCc1ccc(F)cc1. The van der Waals surface area contributed by atoms with Crippen LogP contribution in [-0.4, -0.2) is 34.3 Å². The molecule has 2 heterocycles. The van der Waals surface area contributed by atoms with E-state index in [2.05, 4.69) is 5.32 Å². The van der Waals surface area contributed by atoms with Crippen LogP contribution in [0, 0.1) is 5.82 Å². The minimum Gasteiger partial charge on any atom is -0.348 e. The Balaban J connectivity index is 1.75. The zero-order valence-electron chi connectivity index (χ0n) is 16.3. The second kappa shape index (κ2) is 6.99. The van der Waals surface area contributed by atoms with Gasteiger partial charge in [0.15, 0.2) is 0 Å². The van der Waals surface area contributed by atoms with E-state index in [-0.39, 0.29) is 43.1 Å². The maximum atomic E-state index is 13.5. The van der Waals surface area contributed by atoms with Gasteiger partial charge in [-0.25, -0.2) is 4.39 Å². The smallest absolute Gasteiger partial charge is 0.267 e. The van der Waals surface area contributed by atoms with Crippen LogP contribution in [-0.2, 0) is 16.1 Å². The summed E-state index contributed by atoms with van der Waals surface area (Å²) in [6, 6.07) is 12.4. The average molecular weight is 395 g/mol. The number of hydrogen-bond acceptors (Lipinski definition) is 3. The lowest BCUT2D eigenvalue weighted by molar-refractivity contribution is -0.134. The molecule has 4 rings (SSSR count). The first kappa shape index (κ1) is 19.1. The molecule has 0 radical (unpaired) electrons. The molecule has 7 heteroatoms. The Morgan fingerprint density at radius 3 is 2.52 bits per heavy atom. The lowest BCUT2D eigenvalue weighted by Crippen LogP contribution is -2.71. The normalized spacial score (nSPS) is 20.7. The fourth-order valence-corrected chi connectivity index (χ4v) is 4.33. The zero-order valence-corrected chi connectivity index (χ0v) is 16.3. The van der Waals surface area contributed by atoms with Crippen molar-refractivity contribution >= 4 is 23.4 Å². The molecule has 1 N–H and O–H groups in total. The molecule has 1 atom stereocenters. The number of carbonyl (C=O) groups excluding carboxylic acids is 3. The van der Waals surface area contributed by atoms with E-state index in [1.54, 1.807) is 36.4 Å². The summed E-state index contributed by atoms with van der Waals surface area (Å²) < 4.78 is 13.1. The molecule has 3 amide bonds. The summed E-state index contributed by atoms with van der Waals surface area (Å²) >= 11 is 0. The Kier molecular flexibility index (Phi) is 4.61. The Morgan fingerprint density at radius 1 is 1.14 bits per heavy atom. The van der Waals surface area contributed by atoms with Crippen LogP contribution in [0.15, 0.2) is 48.5 Å². The van der Waals surface area contributed by atoms with Gasteiger partial charge in [-0.1, -0.05) is 24.3 Å². The van der Waals surface area contributed by atoms with Crippen LogP contribution >= 0.6 is 0 Å². The van der Waals surface area contributed by atoms with E-state index in [0.29, 0.717) is 11.3 Å². The molecule has 0 unspecified atom stereocenters. The second-order valence-electron chi connectivity index (χ2n) is 7.64. The molecule has 0 aromatic heterocycles. The number of para-hydroxylation sites is 1. The van der Waals surface area contributed by atoms with Gasteiger partial charge in [-0.2, -0.15) is 0 Å². The molecule has 0 bridgehead atoms. The molecule has 0 saturated carbocycles. The van der Waals surface area contributed by atoms with Crippen LogP contribution < -0.4 is 10.2 Å². The molecule has 2 aromatic rings. The molecule has 29 heavy (non-hydrogen) atoms. The Morgan fingerprint density at radius 2 is 1.83 bits per heavy atom. The molecule has 2 aromatic carbocycles. The quantitative estimate of drug-likeness (QED) is 0.866. The van der Waals surface area contributed by atoms with Crippen molar-refractivity contribution in [3.63, 3.8) is 0 Å². The molecular formula is C22H22FN3O3. The zero-order chi connectivity index (χ0) is 20.8. The first-order valence-electron chi connectivity index (χ1n) is 9.65. The van der Waals surface area contributed by atoms with Crippen molar-refractivity contribution in [3.8, 4) is 0 Å². The van der Waals surface area contributed by atoms with Gasteiger partial charge in [0.2, 0.25) is 11.6 Å². The van der Waals surface area contributed by atoms with Crippen LogP contribution in [0.2, 0.25) is 0 Å². The summed E-state index contributed by atoms with van der Waals surface area (Å²) in [5.74, 6) is -1.22. The van der Waals surface area contributed by atoms with Gasteiger partial charge in [0.1, 0.15) is 5.82 Å². The monoisotopic (exact) mass is 395 g/mol. The summed E-state index contributed by atoms with van der Waals surface area (Å²) in [6.07, 6.45) is 0.397. The van der Waals surface area contributed by atoms with Crippen LogP contribution in [0.25, 0.3) is 0 Å². The lowest BCUT2D eigenvalue weighted by atomic mass is 9.94. The molecule has 2 aliphatic rings. The fraction of sp³-hybridized carbons (Fsp3) is 0.318. The highest BCUT2D eigenvalue weighted by Crippen LogP contribution is 2.45. The van der Waals surface area contributed by atoms with Crippen LogP contribution in [0.5, 0.6) is 0 Å². The first-order valence-corrected chi connectivity index (χ1v) is 9.65. The van der Waals surface area contributed by atoms with Crippen LogP contribution in [0.3, 0.4) is 0 Å². The molecule has 1 fully saturated rings. The summed E-state index contributed by atoms with van der Waals surface area (Å²) in [4.78, 5) is 42.6. The number of amides is 3. The number of anilines is 1. The van der Waals surface area contributed by atoms with Gasteiger partial charge in [0, 0.05) is 25.4 Å². The van der Waals surface area contributed by atoms with Crippen LogP contribution in [0.1, 0.15) is 42.6 Å². The van der Waals surface area contributed by atoms with E-state index < -0.39 is 11.6 Å². The first-order chi connectivity index (χ1) is 13.9. The Hall–Kier alpha value is -3.22. The summed E-state index contributed by atoms with van der Waals surface area (Å²) in [5, 5.41) is 2.86. The van der Waals surface area contributed by atoms with Gasteiger partial charge < -0.3 is 10.2 Å². The lowest BCUT2D eigenvalue weighted by Gasteiger charge is -2.50. The third kappa shape index (κ3) is 2.88. The number of rotatable bonds is 4. The largest absolute Gasteiger partial charge is 0.348 e. The van der Waals surface area contributed by atoms with Crippen molar-refractivity contribution in [2.45, 2.75) is 44.9 Å². The third-order valence-corrected chi connectivity index (χ3v) is 5.55. The Labute approximate surface area is 168 Å². The van der Waals surface area contributed by atoms with E-state index >= 15 is 0 Å². The third-order valence-electron chi connectivity index (χ3n) is 5.55. The molecular weight excluding hydrogens is 373 g/mol. The van der Waals surface area contributed by atoms with Gasteiger partial charge in [0.25, 0.3) is 11.8 Å². The highest BCUT2D eigenvalue weighted by molar-refractivity contribution is 6.16. The molecule has 6 nitrogen and oxygen atoms in total. The van der Waals surface area contributed by atoms with Crippen molar-refractivity contribution in [3.05, 3.63) is 65.5 Å². The molecule has 150 valence electrons. The van der Waals surface area contributed by atoms with Gasteiger partial charge in [0.05, 0.1) is 11.3 Å². The standard InChI is InChI=1S/C22H22FN3O3/c1-14(2)25-20(28)17-5-3-4-6-18(17)26-19(27)11-12-22(25,26)21(29)24-13-15-7-9-16(23)10-8-15/h3-10,14H,11-13H2,1-2H3,(H,24,29)/t22-/m0/s1. The van der Waals surface area contributed by atoms with Gasteiger partial charge in [-0.05, 0) is 43.7 Å². The van der Waals surface area contributed by atoms with Crippen molar-refractivity contribution in [2.75, 3.05) is 4.90 Å². The predicted octanol–water partition coefficient (Wildman–Crippen LogP) is 2.83. The molecule has 0 spiro atoms. The summed E-state index contributed by atoms with van der Waals surface area (Å²) in [6.45, 7) is 3.84. The van der Waals surface area contributed by atoms with Crippen molar-refractivity contribution < 1.29 is 18.8 Å². The number of nitrogens with zero attached hydrogens (tertiary/aromatic N) is 2. The van der Waals surface area contributed by atoms with Gasteiger partial charge >= 0.3 is 0 Å². The van der Waals surface area contributed by atoms with E-state index in [1.165, 1.54) is 21.9 Å². The van der Waals surface area contributed by atoms with Crippen molar-refractivity contribution in [2.24, 2.45) is 0 Å². The highest BCUT2D eigenvalue weighted by atomic mass is 19.1. The maximum absolute atomic E-state index is 13.5. The van der Waals surface area contributed by atoms with E-state index in [1.807, 2.05) is 13.8 Å². The van der Waals surface area contributed by atoms with E-state index in [0.717, 1.165) is 5.56 Å². The maximum Gasteiger partial charge on any atom is 0.267 e. The predicted molar refractivity (Wildman–Crippen MR) is 105 cm³/mol. The Bertz CT molecular complexity index is 989. The number of hydrogen-bond donors (Lipinski definition) is 1. The molecule has 2 aliphatic heterocycles. The highest BCUT2D eigenvalue weighted by Gasteiger charge is 2.61. The second-order valence-corrected chi connectivity index (χ2v) is 7.64. The topological polar surface area (TPSA) is 69.7 Å². The molecule has 0 aliphatic carbocycles. The van der Waals surface area contributed by atoms with E-state index in [4.69, 9.17) is 0 Å². The molecule has 1 saturated heterocycles. The number of halogens is 1. The average Bonchev–Trinajstić information content (AvgIpc) is 3.05. The fourth-order valence-electron chi connectivity index (χ4n) is 4.33. The minimum absolute atomic E-state index is 0.171. The van der Waals surface area contributed by atoms with Gasteiger partial charge in [-0.3, -0.25) is 19.3 Å². The van der Waals surface area contributed by atoms with E-state index in [9.17, 15) is 18.8 Å². The summed E-state index contributed by atoms with van der Waals surface area (Å²) in [5.41, 5.74) is 0.203. The van der Waals surface area contributed by atoms with Crippen molar-refractivity contribution in [1.82, 2.24) is 10.2 Å². The van der Waals surface area contributed by atoms with Crippen LogP contribution in [0.4, 0.5) is 10.1 Å². The number of nitrogens with one attached hydrogen (secondary N) is 1.